The molecule has 0 radical (unpaired) electrons. The van der Waals surface area contributed by atoms with E-state index in [1.807, 2.05) is 0 Å². The summed E-state index contributed by atoms with van der Waals surface area (Å²) in [6, 6.07) is 0. The normalized spacial score (nSPS) is 16.0. The molecule has 346 valence electrons. The third-order valence-electron chi connectivity index (χ3n) is 7.07. The summed E-state index contributed by atoms with van der Waals surface area (Å²) in [5, 5.41) is 0.571. The van der Waals surface area contributed by atoms with Gasteiger partial charge in [-0.3, -0.25) is 9.59 Å². The number of nitrogens with one attached hydrogen (secondary N) is 2. The number of amides is 2. The molecule has 2 N–H and O–H groups in total. The van der Waals surface area contributed by atoms with Crippen LogP contribution in [0.2, 0.25) is 0 Å². The molecule has 0 unspecified atom stereocenters. The van der Waals surface area contributed by atoms with Crippen LogP contribution in [0.1, 0.15) is 12.8 Å². The predicted molar refractivity (Wildman–Crippen MR) is 117 cm³/mol. The molecule has 0 heterocycles. The first-order valence-corrected chi connectivity index (χ1v) is 13.4. The molecule has 0 bridgehead atoms. The lowest BCUT2D eigenvalue weighted by Gasteiger charge is -2.42. The maximum atomic E-state index is 13.8. The molecule has 0 aromatic carbocycles. The van der Waals surface area contributed by atoms with E-state index >= 15 is 0 Å². The number of hydrogen-bond donors (Lipinski definition) is 2. The average Bonchev–Trinajstić information content (AvgIpc) is 3.04. The second-order valence-electron chi connectivity index (χ2n) is 11.0. The summed E-state index contributed by atoms with van der Waals surface area (Å²) < 4.78 is 426. The lowest BCUT2D eigenvalue weighted by atomic mass is 9.89. The molecule has 0 spiro atoms. The minimum absolute atomic E-state index is 0.286. The number of hydrogen-bond acceptors (Lipinski definition) is 2. The van der Waals surface area contributed by atoms with Gasteiger partial charge in [0, 0.05) is 13.1 Å². The molecule has 0 aliphatic rings. The quantitative estimate of drug-likeness (QED) is 0.0891. The smallest absolute Gasteiger partial charge is 0.351 e. The Kier molecular flexibility index (Phi) is 14.4. The molecule has 0 saturated carbocycles. The van der Waals surface area contributed by atoms with E-state index in [1.54, 1.807) is 0 Å². The second-order valence-corrected chi connectivity index (χ2v) is 11.0. The van der Waals surface area contributed by atoms with Crippen LogP contribution in [-0.4, -0.2) is 121 Å². The van der Waals surface area contributed by atoms with Crippen LogP contribution in [-0.2, 0) is 9.59 Å². The van der Waals surface area contributed by atoms with Gasteiger partial charge in [0.05, 0.1) is 0 Å². The van der Waals surface area contributed by atoms with Crippen LogP contribution in [0.4, 0.5) is 140 Å². The minimum atomic E-state index is -8.92. The standard InChI is InChI=1S/C22H12F32N2O2/c23-5(24)9(27,28)13(35,36)17(43,44)21(51,52)19(47,48)15(39,40)11(31,32)7(57)55-3-1-2-4-56-8(58)12(33,34)16(41,42)20(49,50)22(53,54)18(45,46)14(37,38)10(29,30)6(25)26/h5-6H,1-4H2,(H,55,57)(H,56,58). The van der Waals surface area contributed by atoms with E-state index in [1.165, 1.54) is 0 Å². The highest BCUT2D eigenvalue weighted by Gasteiger charge is 2.96. The Morgan fingerprint density at radius 1 is 0.310 bits per heavy atom. The molecule has 4 nitrogen and oxygen atoms in total. The summed E-state index contributed by atoms with van der Waals surface area (Å²) in [5.41, 5.74) is 0. The predicted octanol–water partition coefficient (Wildman–Crippen LogP) is 9.42. The molecule has 0 aliphatic heterocycles. The summed E-state index contributed by atoms with van der Waals surface area (Å²) in [7, 11) is 0. The zero-order chi connectivity index (χ0) is 47.6. The summed E-state index contributed by atoms with van der Waals surface area (Å²) in [6.45, 7) is -3.86. The Hall–Kier alpha value is -3.30. The first-order chi connectivity index (χ1) is 24.9. The monoisotopic (exact) mass is 944 g/mol. The van der Waals surface area contributed by atoms with E-state index in [9.17, 15) is 150 Å². The number of carbonyl (C=O) groups is 2. The van der Waals surface area contributed by atoms with E-state index in [2.05, 4.69) is 0 Å². The summed E-state index contributed by atoms with van der Waals surface area (Å²) in [6.07, 6.45) is -15.3. The fourth-order valence-corrected chi connectivity index (χ4v) is 3.43. The summed E-state index contributed by atoms with van der Waals surface area (Å²) in [5.74, 6) is -126. The van der Waals surface area contributed by atoms with Gasteiger partial charge in [-0.25, -0.2) is 17.6 Å². The maximum absolute atomic E-state index is 13.8. The van der Waals surface area contributed by atoms with Crippen molar-refractivity contribution in [2.45, 2.75) is 109 Å². The van der Waals surface area contributed by atoms with Crippen molar-refractivity contribution in [3.8, 4) is 0 Å². The molecular formula is C22H12F32N2O2. The van der Waals surface area contributed by atoms with Crippen molar-refractivity contribution in [2.24, 2.45) is 0 Å². The molecule has 58 heavy (non-hydrogen) atoms. The van der Waals surface area contributed by atoms with Crippen molar-refractivity contribution in [2.75, 3.05) is 13.1 Å². The molecule has 0 saturated heterocycles. The van der Waals surface area contributed by atoms with Crippen molar-refractivity contribution in [1.82, 2.24) is 10.6 Å². The zero-order valence-corrected chi connectivity index (χ0v) is 25.9. The molecule has 0 aliphatic carbocycles. The van der Waals surface area contributed by atoms with Crippen molar-refractivity contribution >= 4 is 11.8 Å². The fraction of sp³-hybridized carbons (Fsp3) is 0.909. The van der Waals surface area contributed by atoms with Crippen LogP contribution < -0.4 is 10.6 Å². The third kappa shape index (κ3) is 7.43. The van der Waals surface area contributed by atoms with Crippen LogP contribution in [0.15, 0.2) is 0 Å². The van der Waals surface area contributed by atoms with Crippen LogP contribution in [0.5, 0.6) is 0 Å². The molecule has 0 fully saturated rings. The lowest BCUT2D eigenvalue weighted by Crippen LogP contribution is -2.74. The van der Waals surface area contributed by atoms with E-state index < -0.39 is 134 Å². The highest BCUT2D eigenvalue weighted by molar-refractivity contribution is 5.85. The Morgan fingerprint density at radius 2 is 0.483 bits per heavy atom. The van der Waals surface area contributed by atoms with Crippen LogP contribution >= 0.6 is 0 Å². The van der Waals surface area contributed by atoms with Gasteiger partial charge >= 0.3 is 95.8 Å². The molecule has 0 rings (SSSR count). The van der Waals surface area contributed by atoms with Gasteiger partial charge in [0.2, 0.25) is 0 Å². The third-order valence-corrected chi connectivity index (χ3v) is 7.07. The minimum Gasteiger partial charge on any atom is -0.351 e. The van der Waals surface area contributed by atoms with Crippen molar-refractivity contribution in [1.29, 1.82) is 0 Å². The van der Waals surface area contributed by atoms with Gasteiger partial charge in [0.15, 0.2) is 0 Å². The van der Waals surface area contributed by atoms with Gasteiger partial charge in [-0.1, -0.05) is 0 Å². The van der Waals surface area contributed by atoms with E-state index in [-0.39, 0.29) is 10.6 Å². The van der Waals surface area contributed by atoms with E-state index in [4.69, 9.17) is 0 Å². The van der Waals surface area contributed by atoms with Gasteiger partial charge in [-0.2, -0.15) is 123 Å². The molecule has 2 amide bonds. The first-order valence-electron chi connectivity index (χ1n) is 13.4. The zero-order valence-electron chi connectivity index (χ0n) is 25.9. The topological polar surface area (TPSA) is 58.2 Å². The van der Waals surface area contributed by atoms with Crippen molar-refractivity contribution < 1.29 is 150 Å². The van der Waals surface area contributed by atoms with Crippen LogP contribution in [0, 0.1) is 0 Å². The van der Waals surface area contributed by atoms with Gasteiger partial charge in [-0.15, -0.1) is 0 Å². The number of alkyl halides is 32. The van der Waals surface area contributed by atoms with Crippen LogP contribution in [0.25, 0.3) is 0 Å². The molecular weight excluding hydrogens is 932 g/mol. The van der Waals surface area contributed by atoms with Gasteiger partial charge in [-0.05, 0) is 12.8 Å². The fourth-order valence-electron chi connectivity index (χ4n) is 3.43. The SMILES string of the molecule is O=C(NCCCCNC(=O)C(F)(F)C(F)(F)C(F)(F)C(F)(F)C(F)(F)C(F)(F)C(F)(F)C(F)F)C(F)(F)C(F)(F)C(F)(F)C(F)(F)C(F)(F)C(F)(F)C(F)(F)C(F)F. The number of rotatable bonds is 21. The average molecular weight is 944 g/mol. The van der Waals surface area contributed by atoms with Crippen LogP contribution in [0.3, 0.4) is 0 Å². The number of halogens is 32. The molecule has 36 heteroatoms. The number of carbonyl (C=O) groups excluding carboxylic acids is 2. The van der Waals surface area contributed by atoms with E-state index in [0.717, 1.165) is 0 Å². The Morgan fingerprint density at radius 3 is 0.672 bits per heavy atom. The Balaban J connectivity index is 6.01. The van der Waals surface area contributed by atoms with Gasteiger partial charge < -0.3 is 10.6 Å². The highest BCUT2D eigenvalue weighted by atomic mass is 19.4. The molecule has 0 atom stereocenters. The summed E-state index contributed by atoms with van der Waals surface area (Å²) >= 11 is 0. The van der Waals surface area contributed by atoms with E-state index in [0.29, 0.717) is 0 Å². The molecule has 0 aromatic rings. The lowest BCUT2D eigenvalue weighted by molar-refractivity contribution is -0.443. The maximum Gasteiger partial charge on any atom is 0.392 e. The number of unbranched alkanes of at least 4 members (excludes halogenated alkanes) is 1. The van der Waals surface area contributed by atoms with Crippen molar-refractivity contribution in [3.63, 3.8) is 0 Å². The second kappa shape index (κ2) is 15.3. The van der Waals surface area contributed by atoms with Crippen molar-refractivity contribution in [3.05, 3.63) is 0 Å². The Labute approximate surface area is 295 Å². The summed E-state index contributed by atoms with van der Waals surface area (Å²) in [4.78, 5) is 22.6. The molecule has 0 aromatic heterocycles. The first kappa shape index (κ1) is 54.7. The van der Waals surface area contributed by atoms with Gasteiger partial charge in [0.1, 0.15) is 0 Å². The highest BCUT2D eigenvalue weighted by Crippen LogP contribution is 2.64. The van der Waals surface area contributed by atoms with Gasteiger partial charge in [0.25, 0.3) is 11.8 Å². The largest absolute Gasteiger partial charge is 0.392 e. The Bertz CT molecular complexity index is 1360.